The van der Waals surface area contributed by atoms with Gasteiger partial charge in [-0.15, -0.1) is 6.58 Å². The summed E-state index contributed by atoms with van der Waals surface area (Å²) in [7, 11) is 0. The number of benzene rings is 3. The molecule has 4 heteroatoms. The van der Waals surface area contributed by atoms with Crippen molar-refractivity contribution in [1.29, 1.82) is 0 Å². The van der Waals surface area contributed by atoms with Crippen molar-refractivity contribution in [2.45, 2.75) is 13.1 Å². The van der Waals surface area contributed by atoms with Gasteiger partial charge in [0, 0.05) is 17.8 Å². The van der Waals surface area contributed by atoms with Crippen LogP contribution in [-0.2, 0) is 0 Å². The monoisotopic (exact) mass is 358 g/mol. The van der Waals surface area contributed by atoms with Crippen LogP contribution in [0.25, 0.3) is 10.8 Å². The maximum atomic E-state index is 13.2. The van der Waals surface area contributed by atoms with E-state index < -0.39 is 0 Å². The van der Waals surface area contributed by atoms with Gasteiger partial charge in [-0.25, -0.2) is 0 Å². The van der Waals surface area contributed by atoms with Gasteiger partial charge < -0.3 is 15.0 Å². The summed E-state index contributed by atoms with van der Waals surface area (Å²) in [5.74, 6) is 0.777. The van der Waals surface area contributed by atoms with E-state index in [0.29, 0.717) is 18.7 Å². The van der Waals surface area contributed by atoms with Gasteiger partial charge in [0.2, 0.25) is 0 Å². The summed E-state index contributed by atoms with van der Waals surface area (Å²) in [6.07, 6.45) is 1.42. The summed E-state index contributed by atoms with van der Waals surface area (Å²) in [5, 5.41) is 5.73. The Kier molecular flexibility index (Phi) is 4.55. The number of carbonyl (C=O) groups is 1. The zero-order valence-electron chi connectivity index (χ0n) is 15.3. The standard InChI is InChI=1S/C23H22N2O2/c1-3-15-25-22(24-19-12-8-7-11-18(19)23(25)26)21-17-10-6-5-9-16(17)13-14-20(21)27-4-2/h3,5-14,22,24H,1,4,15H2,2H3. The number of carbonyl (C=O) groups excluding carboxylic acids is 1. The maximum absolute atomic E-state index is 13.2. The average Bonchev–Trinajstić information content (AvgIpc) is 2.70. The predicted molar refractivity (Wildman–Crippen MR) is 109 cm³/mol. The van der Waals surface area contributed by atoms with E-state index in [2.05, 4.69) is 30.1 Å². The van der Waals surface area contributed by atoms with Crippen molar-refractivity contribution < 1.29 is 9.53 Å². The van der Waals surface area contributed by atoms with Gasteiger partial charge in [-0.2, -0.15) is 0 Å². The van der Waals surface area contributed by atoms with E-state index in [1.54, 1.807) is 11.0 Å². The molecule has 0 aromatic heterocycles. The number of amides is 1. The molecule has 136 valence electrons. The molecule has 1 N–H and O–H groups in total. The molecule has 3 aromatic carbocycles. The van der Waals surface area contributed by atoms with Crippen LogP contribution in [0.15, 0.2) is 73.3 Å². The Balaban J connectivity index is 1.94. The lowest BCUT2D eigenvalue weighted by Crippen LogP contribution is -2.43. The molecule has 0 saturated heterocycles. The highest BCUT2D eigenvalue weighted by molar-refractivity contribution is 6.02. The third kappa shape index (κ3) is 2.93. The lowest BCUT2D eigenvalue weighted by atomic mass is 9.97. The first-order valence-corrected chi connectivity index (χ1v) is 9.16. The second-order valence-corrected chi connectivity index (χ2v) is 6.47. The molecule has 0 bridgehead atoms. The van der Waals surface area contributed by atoms with Crippen LogP contribution in [0, 0.1) is 0 Å². The Morgan fingerprint density at radius 2 is 1.89 bits per heavy atom. The maximum Gasteiger partial charge on any atom is 0.258 e. The van der Waals surface area contributed by atoms with Gasteiger partial charge in [-0.3, -0.25) is 4.79 Å². The molecular weight excluding hydrogens is 336 g/mol. The van der Waals surface area contributed by atoms with Gasteiger partial charge >= 0.3 is 0 Å². The summed E-state index contributed by atoms with van der Waals surface area (Å²) in [4.78, 5) is 15.0. The molecule has 1 aliphatic heterocycles. The Bertz CT molecular complexity index is 1010. The van der Waals surface area contributed by atoms with Crippen molar-refractivity contribution in [3.05, 3.63) is 84.4 Å². The fourth-order valence-corrected chi connectivity index (χ4v) is 3.69. The van der Waals surface area contributed by atoms with Gasteiger partial charge in [0.1, 0.15) is 11.9 Å². The Morgan fingerprint density at radius 3 is 2.70 bits per heavy atom. The number of nitrogens with one attached hydrogen (secondary N) is 1. The molecular formula is C23H22N2O2. The molecule has 3 aromatic rings. The zero-order valence-corrected chi connectivity index (χ0v) is 15.3. The van der Waals surface area contributed by atoms with Crippen molar-refractivity contribution in [3.63, 3.8) is 0 Å². The second kappa shape index (κ2) is 7.16. The Hall–Kier alpha value is -3.27. The third-order valence-electron chi connectivity index (χ3n) is 4.85. The van der Waals surface area contributed by atoms with E-state index in [9.17, 15) is 4.79 Å². The molecule has 1 amide bonds. The number of hydrogen-bond acceptors (Lipinski definition) is 3. The van der Waals surface area contributed by atoms with Crippen LogP contribution >= 0.6 is 0 Å². The quantitative estimate of drug-likeness (QED) is 0.653. The van der Waals surface area contributed by atoms with Gasteiger partial charge in [-0.05, 0) is 35.9 Å². The smallest absolute Gasteiger partial charge is 0.258 e. The average molecular weight is 358 g/mol. The molecule has 0 saturated carbocycles. The highest BCUT2D eigenvalue weighted by Gasteiger charge is 2.34. The van der Waals surface area contributed by atoms with Crippen molar-refractivity contribution in [1.82, 2.24) is 4.90 Å². The number of fused-ring (bicyclic) bond motifs is 2. The molecule has 0 fully saturated rings. The number of para-hydroxylation sites is 1. The van der Waals surface area contributed by atoms with Crippen LogP contribution in [-0.4, -0.2) is 24.0 Å². The largest absolute Gasteiger partial charge is 0.493 e. The minimum atomic E-state index is -0.335. The summed E-state index contributed by atoms with van der Waals surface area (Å²) < 4.78 is 5.94. The number of ether oxygens (including phenoxy) is 1. The van der Waals surface area contributed by atoms with Crippen LogP contribution in [0.1, 0.15) is 29.0 Å². The first kappa shape index (κ1) is 17.2. The molecule has 0 radical (unpaired) electrons. The van der Waals surface area contributed by atoms with Gasteiger partial charge in [-0.1, -0.05) is 48.5 Å². The van der Waals surface area contributed by atoms with Crippen LogP contribution in [0.4, 0.5) is 5.69 Å². The summed E-state index contributed by atoms with van der Waals surface area (Å²) in [6, 6.07) is 19.8. The van der Waals surface area contributed by atoms with E-state index in [-0.39, 0.29) is 12.1 Å². The van der Waals surface area contributed by atoms with Gasteiger partial charge in [0.05, 0.1) is 12.2 Å². The molecule has 4 nitrogen and oxygen atoms in total. The SMILES string of the molecule is C=CCN1C(=O)c2ccccc2NC1c1c(OCC)ccc2ccccc12. The number of rotatable bonds is 5. The molecule has 4 rings (SSSR count). The van der Waals surface area contributed by atoms with Crippen molar-refractivity contribution >= 4 is 22.4 Å². The van der Waals surface area contributed by atoms with Crippen molar-refractivity contribution in [3.8, 4) is 5.75 Å². The lowest BCUT2D eigenvalue weighted by molar-refractivity contribution is 0.0706. The molecule has 1 aliphatic rings. The van der Waals surface area contributed by atoms with E-state index in [1.165, 1.54) is 0 Å². The number of nitrogens with zero attached hydrogens (tertiary/aromatic N) is 1. The van der Waals surface area contributed by atoms with E-state index in [0.717, 1.165) is 27.8 Å². The summed E-state index contributed by atoms with van der Waals surface area (Å²) >= 11 is 0. The lowest BCUT2D eigenvalue weighted by Gasteiger charge is -2.38. The molecule has 1 unspecified atom stereocenters. The topological polar surface area (TPSA) is 41.6 Å². The highest BCUT2D eigenvalue weighted by Crippen LogP contribution is 2.40. The zero-order chi connectivity index (χ0) is 18.8. The third-order valence-corrected chi connectivity index (χ3v) is 4.85. The van der Waals surface area contributed by atoms with Crippen LogP contribution in [0.2, 0.25) is 0 Å². The molecule has 1 heterocycles. The first-order chi connectivity index (χ1) is 13.2. The fraction of sp³-hybridized carbons (Fsp3) is 0.174. The first-order valence-electron chi connectivity index (χ1n) is 9.16. The second-order valence-electron chi connectivity index (χ2n) is 6.47. The minimum Gasteiger partial charge on any atom is -0.493 e. The molecule has 0 aliphatic carbocycles. The normalized spacial score (nSPS) is 16.0. The summed E-state index contributed by atoms with van der Waals surface area (Å²) in [6.45, 7) is 6.81. The summed E-state index contributed by atoms with van der Waals surface area (Å²) in [5.41, 5.74) is 2.48. The fourth-order valence-electron chi connectivity index (χ4n) is 3.69. The van der Waals surface area contributed by atoms with Gasteiger partial charge in [0.25, 0.3) is 5.91 Å². The Labute approximate surface area is 159 Å². The molecule has 1 atom stereocenters. The number of hydrogen-bond donors (Lipinski definition) is 1. The number of anilines is 1. The van der Waals surface area contributed by atoms with Crippen LogP contribution < -0.4 is 10.1 Å². The van der Waals surface area contributed by atoms with E-state index in [4.69, 9.17) is 4.74 Å². The molecule has 27 heavy (non-hydrogen) atoms. The van der Waals surface area contributed by atoms with Crippen molar-refractivity contribution in [2.75, 3.05) is 18.5 Å². The van der Waals surface area contributed by atoms with Crippen molar-refractivity contribution in [2.24, 2.45) is 0 Å². The Morgan fingerprint density at radius 1 is 1.11 bits per heavy atom. The highest BCUT2D eigenvalue weighted by atomic mass is 16.5. The van der Waals surface area contributed by atoms with E-state index >= 15 is 0 Å². The van der Waals surface area contributed by atoms with E-state index in [1.807, 2.05) is 49.4 Å². The molecule has 0 spiro atoms. The van der Waals surface area contributed by atoms with Crippen LogP contribution in [0.3, 0.4) is 0 Å². The van der Waals surface area contributed by atoms with Crippen LogP contribution in [0.5, 0.6) is 5.75 Å². The van der Waals surface area contributed by atoms with Gasteiger partial charge in [0.15, 0.2) is 0 Å². The predicted octanol–water partition coefficient (Wildman–Crippen LogP) is 4.99. The minimum absolute atomic E-state index is 0.00960.